The van der Waals surface area contributed by atoms with Crippen molar-refractivity contribution in [3.05, 3.63) is 77.0 Å². The highest BCUT2D eigenvalue weighted by molar-refractivity contribution is 6.30. The number of para-hydroxylation sites is 1. The zero-order chi connectivity index (χ0) is 13.7. The van der Waals surface area contributed by atoms with Crippen molar-refractivity contribution in [1.29, 1.82) is 0 Å². The molecule has 0 saturated heterocycles. The van der Waals surface area contributed by atoms with Gasteiger partial charge in [0, 0.05) is 28.5 Å². The molecule has 0 aliphatic rings. The normalized spacial score (nSPS) is 10.6. The maximum Gasteiger partial charge on any atom is 0.187 e. The Labute approximate surface area is 117 Å². The molecule has 0 spiro atoms. The number of allylic oxidation sites excluding steroid dienone is 1. The van der Waals surface area contributed by atoms with E-state index in [1.165, 1.54) is 6.08 Å². The van der Waals surface area contributed by atoms with Crippen molar-refractivity contribution in [2.24, 2.45) is 0 Å². The lowest BCUT2D eigenvalue weighted by Gasteiger charge is -2.03. The van der Waals surface area contributed by atoms with Gasteiger partial charge in [-0.1, -0.05) is 29.8 Å². The topological polar surface area (TPSA) is 29.1 Å². The smallest absolute Gasteiger partial charge is 0.187 e. The fourth-order valence-corrected chi connectivity index (χ4v) is 1.78. The highest BCUT2D eigenvalue weighted by atomic mass is 35.5. The summed E-state index contributed by atoms with van der Waals surface area (Å²) in [5, 5.41) is 3.72. The second-order valence-corrected chi connectivity index (χ2v) is 4.60. The summed E-state index contributed by atoms with van der Waals surface area (Å²) in [7, 11) is 0. The second-order valence-electron chi connectivity index (χ2n) is 4.16. The Morgan fingerprint density at radius 3 is 2.47 bits per heavy atom. The maximum atomic E-state index is 11.9. The fraction of sp³-hybridized carbons (Fsp3) is 0.0625. The summed E-state index contributed by atoms with van der Waals surface area (Å²) in [6, 6.07) is 14.7. The molecular formula is C16H14ClNO. The summed E-state index contributed by atoms with van der Waals surface area (Å²) < 4.78 is 0. The quantitative estimate of drug-likeness (QED) is 0.657. The third-order valence-electron chi connectivity index (χ3n) is 2.75. The first kappa shape index (κ1) is 13.4. The zero-order valence-electron chi connectivity index (χ0n) is 10.6. The number of carbonyl (C=O) groups is 1. The highest BCUT2D eigenvalue weighted by Gasteiger charge is 2.00. The summed E-state index contributed by atoms with van der Waals surface area (Å²) in [5.41, 5.74) is 2.74. The van der Waals surface area contributed by atoms with Crippen LogP contribution in [0.3, 0.4) is 0 Å². The van der Waals surface area contributed by atoms with Gasteiger partial charge < -0.3 is 5.32 Å². The lowest BCUT2D eigenvalue weighted by Crippen LogP contribution is -1.96. The lowest BCUT2D eigenvalue weighted by molar-refractivity contribution is 0.104. The van der Waals surface area contributed by atoms with Gasteiger partial charge in [0.1, 0.15) is 0 Å². The van der Waals surface area contributed by atoms with Crippen LogP contribution < -0.4 is 5.32 Å². The van der Waals surface area contributed by atoms with Gasteiger partial charge in [-0.05, 0) is 42.8 Å². The molecule has 2 aromatic rings. The Balaban J connectivity index is 2.01. The van der Waals surface area contributed by atoms with Crippen molar-refractivity contribution in [1.82, 2.24) is 0 Å². The van der Waals surface area contributed by atoms with E-state index < -0.39 is 0 Å². The summed E-state index contributed by atoms with van der Waals surface area (Å²) in [6.45, 7) is 2.01. The summed E-state index contributed by atoms with van der Waals surface area (Å²) in [4.78, 5) is 11.9. The molecule has 0 saturated carbocycles. The van der Waals surface area contributed by atoms with Crippen molar-refractivity contribution in [3.8, 4) is 0 Å². The van der Waals surface area contributed by atoms with Crippen LogP contribution in [0.4, 0.5) is 5.69 Å². The Bertz CT molecular complexity index is 602. The van der Waals surface area contributed by atoms with Gasteiger partial charge in [-0.2, -0.15) is 0 Å². The number of hydrogen-bond acceptors (Lipinski definition) is 2. The van der Waals surface area contributed by atoms with Crippen LogP contribution in [-0.4, -0.2) is 5.78 Å². The van der Waals surface area contributed by atoms with Gasteiger partial charge >= 0.3 is 0 Å². The van der Waals surface area contributed by atoms with Crippen LogP contribution in [0.5, 0.6) is 0 Å². The molecule has 2 rings (SSSR count). The number of halogens is 1. The molecule has 2 nitrogen and oxygen atoms in total. The Morgan fingerprint density at radius 1 is 1.11 bits per heavy atom. The molecule has 0 atom stereocenters. The van der Waals surface area contributed by atoms with Crippen molar-refractivity contribution in [3.63, 3.8) is 0 Å². The van der Waals surface area contributed by atoms with Crippen LogP contribution >= 0.6 is 11.6 Å². The van der Waals surface area contributed by atoms with Gasteiger partial charge in [-0.3, -0.25) is 4.79 Å². The van der Waals surface area contributed by atoms with E-state index in [1.807, 2.05) is 31.2 Å². The molecule has 3 heteroatoms. The van der Waals surface area contributed by atoms with Crippen LogP contribution in [0.2, 0.25) is 5.02 Å². The van der Waals surface area contributed by atoms with Gasteiger partial charge in [-0.15, -0.1) is 0 Å². The molecule has 0 aromatic heterocycles. The fourth-order valence-electron chi connectivity index (χ4n) is 1.65. The first-order valence-electron chi connectivity index (χ1n) is 5.95. The van der Waals surface area contributed by atoms with Gasteiger partial charge in [0.2, 0.25) is 0 Å². The van der Waals surface area contributed by atoms with Crippen LogP contribution in [0.25, 0.3) is 0 Å². The predicted octanol–water partition coefficient (Wildman–Crippen LogP) is 4.46. The molecular weight excluding hydrogens is 258 g/mol. The average molecular weight is 272 g/mol. The van der Waals surface area contributed by atoms with E-state index in [9.17, 15) is 4.79 Å². The number of benzene rings is 2. The van der Waals surface area contributed by atoms with E-state index in [4.69, 9.17) is 11.6 Å². The predicted molar refractivity (Wildman–Crippen MR) is 79.7 cm³/mol. The van der Waals surface area contributed by atoms with E-state index in [0.717, 1.165) is 11.3 Å². The molecule has 0 amide bonds. The maximum absolute atomic E-state index is 11.9. The first-order valence-corrected chi connectivity index (χ1v) is 6.33. The molecule has 0 aliphatic carbocycles. The number of carbonyl (C=O) groups excluding carboxylic acids is 1. The molecule has 1 N–H and O–H groups in total. The SMILES string of the molecule is Cc1ccccc1N/C=C/C(=O)c1ccc(Cl)cc1. The van der Waals surface area contributed by atoms with Crippen molar-refractivity contribution >= 4 is 23.1 Å². The minimum Gasteiger partial charge on any atom is -0.361 e. The summed E-state index contributed by atoms with van der Waals surface area (Å²) in [6.07, 6.45) is 3.16. The van der Waals surface area contributed by atoms with Crippen LogP contribution in [-0.2, 0) is 0 Å². The van der Waals surface area contributed by atoms with Crippen LogP contribution in [0, 0.1) is 6.92 Å². The van der Waals surface area contributed by atoms with Crippen molar-refractivity contribution < 1.29 is 4.79 Å². The molecule has 19 heavy (non-hydrogen) atoms. The van der Waals surface area contributed by atoms with E-state index in [-0.39, 0.29) is 5.78 Å². The van der Waals surface area contributed by atoms with E-state index >= 15 is 0 Å². The molecule has 0 bridgehead atoms. The van der Waals surface area contributed by atoms with Crippen molar-refractivity contribution in [2.75, 3.05) is 5.32 Å². The minimum atomic E-state index is -0.0576. The van der Waals surface area contributed by atoms with Crippen molar-refractivity contribution in [2.45, 2.75) is 6.92 Å². The highest BCUT2D eigenvalue weighted by Crippen LogP contribution is 2.13. The summed E-state index contributed by atoms with van der Waals surface area (Å²) in [5.74, 6) is -0.0576. The third kappa shape index (κ3) is 3.70. The zero-order valence-corrected chi connectivity index (χ0v) is 11.3. The Kier molecular flexibility index (Phi) is 4.37. The molecule has 0 unspecified atom stereocenters. The first-order chi connectivity index (χ1) is 9.16. The molecule has 2 aromatic carbocycles. The number of aryl methyl sites for hydroxylation is 1. The molecule has 0 radical (unpaired) electrons. The Hall–Kier alpha value is -2.06. The third-order valence-corrected chi connectivity index (χ3v) is 3.00. The monoisotopic (exact) mass is 271 g/mol. The number of rotatable bonds is 4. The van der Waals surface area contributed by atoms with Gasteiger partial charge in [-0.25, -0.2) is 0 Å². The number of nitrogens with one attached hydrogen (secondary N) is 1. The van der Waals surface area contributed by atoms with E-state index in [0.29, 0.717) is 10.6 Å². The van der Waals surface area contributed by atoms with E-state index in [1.54, 1.807) is 30.5 Å². The molecule has 0 aliphatic heterocycles. The lowest BCUT2D eigenvalue weighted by atomic mass is 10.1. The summed E-state index contributed by atoms with van der Waals surface area (Å²) >= 11 is 5.78. The number of ketones is 1. The van der Waals surface area contributed by atoms with E-state index in [2.05, 4.69) is 5.32 Å². The largest absolute Gasteiger partial charge is 0.361 e. The van der Waals surface area contributed by atoms with Gasteiger partial charge in [0.15, 0.2) is 5.78 Å². The molecule has 0 heterocycles. The number of hydrogen-bond donors (Lipinski definition) is 1. The average Bonchev–Trinajstić information content (AvgIpc) is 2.41. The van der Waals surface area contributed by atoms with Gasteiger partial charge in [0.05, 0.1) is 0 Å². The second kappa shape index (κ2) is 6.21. The molecule has 0 fully saturated rings. The molecule has 96 valence electrons. The van der Waals surface area contributed by atoms with Crippen LogP contribution in [0.15, 0.2) is 60.8 Å². The van der Waals surface area contributed by atoms with Crippen LogP contribution in [0.1, 0.15) is 15.9 Å². The Morgan fingerprint density at radius 2 is 1.79 bits per heavy atom. The van der Waals surface area contributed by atoms with Gasteiger partial charge in [0.25, 0.3) is 0 Å². The number of anilines is 1. The standard InChI is InChI=1S/C16H14ClNO/c1-12-4-2-3-5-15(12)18-11-10-16(19)13-6-8-14(17)9-7-13/h2-11,18H,1H3/b11-10+. The minimum absolute atomic E-state index is 0.0576.